The Morgan fingerprint density at radius 3 is 2.10 bits per heavy atom. The standard InChI is InChI=1S/C17H26O3S/c1-3-5-7-8-14-21(19,20)16-12-10-15(11-13-16)17(18)9-6-4-2/h10-13H,3-9,14H2,1-2H3. The third-order valence-electron chi connectivity index (χ3n) is 3.56. The number of hydrogen-bond acceptors (Lipinski definition) is 3. The number of rotatable bonds is 10. The Hall–Kier alpha value is -1.16. The summed E-state index contributed by atoms with van der Waals surface area (Å²) in [6.07, 6.45) is 6.19. The highest BCUT2D eigenvalue weighted by atomic mass is 32.2. The van der Waals surface area contributed by atoms with Crippen LogP contribution in [0.3, 0.4) is 0 Å². The molecule has 0 aliphatic heterocycles. The van der Waals surface area contributed by atoms with Gasteiger partial charge >= 0.3 is 0 Å². The lowest BCUT2D eigenvalue weighted by molar-refractivity contribution is 0.0979. The van der Waals surface area contributed by atoms with Crippen molar-refractivity contribution in [1.82, 2.24) is 0 Å². The van der Waals surface area contributed by atoms with Crippen molar-refractivity contribution in [2.45, 2.75) is 63.7 Å². The van der Waals surface area contributed by atoms with E-state index in [-0.39, 0.29) is 11.5 Å². The van der Waals surface area contributed by atoms with E-state index in [1.165, 1.54) is 0 Å². The zero-order valence-corrected chi connectivity index (χ0v) is 13.9. The minimum absolute atomic E-state index is 0.0868. The van der Waals surface area contributed by atoms with Gasteiger partial charge in [-0.25, -0.2) is 8.42 Å². The second kappa shape index (κ2) is 8.98. The molecule has 0 fully saturated rings. The number of Topliss-reactive ketones (excluding diaryl/α,β-unsaturated/α-hetero) is 1. The van der Waals surface area contributed by atoms with E-state index in [0.29, 0.717) is 23.3 Å². The molecule has 4 heteroatoms. The Morgan fingerprint density at radius 1 is 0.905 bits per heavy atom. The average Bonchev–Trinajstić information content (AvgIpc) is 2.49. The Labute approximate surface area is 128 Å². The molecule has 0 radical (unpaired) electrons. The van der Waals surface area contributed by atoms with E-state index in [2.05, 4.69) is 6.92 Å². The molecule has 1 aromatic rings. The van der Waals surface area contributed by atoms with Gasteiger partial charge in [0.15, 0.2) is 15.6 Å². The van der Waals surface area contributed by atoms with Crippen LogP contribution in [0.25, 0.3) is 0 Å². The number of unbranched alkanes of at least 4 members (excludes halogenated alkanes) is 4. The predicted octanol–water partition coefficient (Wildman–Crippen LogP) is 4.41. The van der Waals surface area contributed by atoms with Gasteiger partial charge in [-0.05, 0) is 25.0 Å². The number of hydrogen-bond donors (Lipinski definition) is 0. The molecule has 0 heterocycles. The number of carbonyl (C=O) groups excluding carboxylic acids is 1. The quantitative estimate of drug-likeness (QED) is 0.475. The summed E-state index contributed by atoms with van der Waals surface area (Å²) in [6, 6.07) is 6.40. The molecule has 0 saturated heterocycles. The first-order chi connectivity index (χ1) is 10.0. The fourth-order valence-corrected chi connectivity index (χ4v) is 3.54. The van der Waals surface area contributed by atoms with Crippen LogP contribution < -0.4 is 0 Å². The lowest BCUT2D eigenvalue weighted by Crippen LogP contribution is -2.07. The number of ketones is 1. The van der Waals surface area contributed by atoms with Crippen molar-refractivity contribution in [3.8, 4) is 0 Å². The summed E-state index contributed by atoms with van der Waals surface area (Å²) in [5.41, 5.74) is 0.605. The van der Waals surface area contributed by atoms with Crippen LogP contribution in [-0.2, 0) is 9.84 Å². The van der Waals surface area contributed by atoms with Crippen molar-refractivity contribution in [2.24, 2.45) is 0 Å². The van der Waals surface area contributed by atoms with Gasteiger partial charge in [0.2, 0.25) is 0 Å². The summed E-state index contributed by atoms with van der Waals surface area (Å²) < 4.78 is 24.3. The minimum atomic E-state index is -3.21. The van der Waals surface area contributed by atoms with Gasteiger partial charge in [0.25, 0.3) is 0 Å². The van der Waals surface area contributed by atoms with Crippen LogP contribution in [0.2, 0.25) is 0 Å². The minimum Gasteiger partial charge on any atom is -0.294 e. The molecular weight excluding hydrogens is 284 g/mol. The summed E-state index contributed by atoms with van der Waals surface area (Å²) >= 11 is 0. The van der Waals surface area contributed by atoms with Gasteiger partial charge in [-0.1, -0.05) is 51.7 Å². The van der Waals surface area contributed by atoms with Gasteiger partial charge in [-0.2, -0.15) is 0 Å². The summed E-state index contributed by atoms with van der Waals surface area (Å²) in [5, 5.41) is 0. The van der Waals surface area contributed by atoms with Gasteiger partial charge in [0.05, 0.1) is 10.6 Å². The van der Waals surface area contributed by atoms with Gasteiger partial charge in [-0.3, -0.25) is 4.79 Å². The molecule has 0 N–H and O–H groups in total. The van der Waals surface area contributed by atoms with E-state index in [1.807, 2.05) is 6.92 Å². The lowest BCUT2D eigenvalue weighted by Gasteiger charge is -2.06. The van der Waals surface area contributed by atoms with Crippen LogP contribution in [-0.4, -0.2) is 20.0 Å². The van der Waals surface area contributed by atoms with Crippen LogP contribution in [0.4, 0.5) is 0 Å². The average molecular weight is 310 g/mol. The molecule has 118 valence electrons. The third kappa shape index (κ3) is 6.00. The van der Waals surface area contributed by atoms with Crippen molar-refractivity contribution in [2.75, 3.05) is 5.75 Å². The van der Waals surface area contributed by atoms with Crippen LogP contribution in [0.1, 0.15) is 69.2 Å². The molecule has 0 bridgehead atoms. The molecule has 1 rings (SSSR count). The van der Waals surface area contributed by atoms with E-state index in [0.717, 1.165) is 32.1 Å². The Balaban J connectivity index is 2.66. The fraction of sp³-hybridized carbons (Fsp3) is 0.588. The Kier molecular flexibility index (Phi) is 7.65. The molecule has 0 atom stereocenters. The first-order valence-corrected chi connectivity index (χ1v) is 9.52. The molecular formula is C17H26O3S. The Morgan fingerprint density at radius 2 is 1.52 bits per heavy atom. The molecule has 0 amide bonds. The third-order valence-corrected chi connectivity index (χ3v) is 5.38. The van der Waals surface area contributed by atoms with Gasteiger partial charge in [0, 0.05) is 12.0 Å². The molecule has 0 spiro atoms. The zero-order chi connectivity index (χ0) is 15.7. The normalized spacial score (nSPS) is 11.5. The van der Waals surface area contributed by atoms with Crippen molar-refractivity contribution in [1.29, 1.82) is 0 Å². The lowest BCUT2D eigenvalue weighted by atomic mass is 10.1. The highest BCUT2D eigenvalue weighted by Crippen LogP contribution is 2.16. The van der Waals surface area contributed by atoms with E-state index in [4.69, 9.17) is 0 Å². The zero-order valence-electron chi connectivity index (χ0n) is 13.1. The van der Waals surface area contributed by atoms with E-state index in [9.17, 15) is 13.2 Å². The monoisotopic (exact) mass is 310 g/mol. The smallest absolute Gasteiger partial charge is 0.178 e. The van der Waals surface area contributed by atoms with Gasteiger partial charge in [0.1, 0.15) is 0 Å². The first kappa shape index (κ1) is 17.9. The number of benzene rings is 1. The highest BCUT2D eigenvalue weighted by molar-refractivity contribution is 7.91. The predicted molar refractivity (Wildman–Crippen MR) is 86.5 cm³/mol. The second-order valence-corrected chi connectivity index (χ2v) is 7.54. The molecule has 0 aliphatic carbocycles. The van der Waals surface area contributed by atoms with Crippen LogP contribution >= 0.6 is 0 Å². The molecule has 3 nitrogen and oxygen atoms in total. The van der Waals surface area contributed by atoms with Crippen LogP contribution in [0.15, 0.2) is 29.2 Å². The molecule has 21 heavy (non-hydrogen) atoms. The number of carbonyl (C=O) groups is 1. The molecule has 0 aliphatic rings. The van der Waals surface area contributed by atoms with Gasteiger partial charge < -0.3 is 0 Å². The summed E-state index contributed by atoms with van der Waals surface area (Å²) in [4.78, 5) is 12.2. The van der Waals surface area contributed by atoms with Crippen molar-refractivity contribution in [3.05, 3.63) is 29.8 Å². The van der Waals surface area contributed by atoms with Crippen molar-refractivity contribution < 1.29 is 13.2 Å². The Bertz CT molecular complexity index is 530. The van der Waals surface area contributed by atoms with E-state index < -0.39 is 9.84 Å². The molecule has 1 aromatic carbocycles. The van der Waals surface area contributed by atoms with Gasteiger partial charge in [-0.15, -0.1) is 0 Å². The topological polar surface area (TPSA) is 51.2 Å². The van der Waals surface area contributed by atoms with Crippen molar-refractivity contribution >= 4 is 15.6 Å². The van der Waals surface area contributed by atoms with E-state index in [1.54, 1.807) is 24.3 Å². The molecule has 0 aromatic heterocycles. The van der Waals surface area contributed by atoms with Crippen molar-refractivity contribution in [3.63, 3.8) is 0 Å². The summed E-state index contributed by atoms with van der Waals surface area (Å²) in [6.45, 7) is 4.14. The number of sulfone groups is 1. The fourth-order valence-electron chi connectivity index (χ4n) is 2.17. The van der Waals surface area contributed by atoms with E-state index >= 15 is 0 Å². The van der Waals surface area contributed by atoms with Crippen LogP contribution in [0.5, 0.6) is 0 Å². The summed E-state index contributed by atoms with van der Waals surface area (Å²) in [7, 11) is -3.21. The maximum Gasteiger partial charge on any atom is 0.178 e. The first-order valence-electron chi connectivity index (χ1n) is 7.87. The maximum atomic E-state index is 12.2. The highest BCUT2D eigenvalue weighted by Gasteiger charge is 2.14. The largest absolute Gasteiger partial charge is 0.294 e. The van der Waals surface area contributed by atoms with Crippen LogP contribution in [0, 0.1) is 0 Å². The molecule has 0 unspecified atom stereocenters. The SMILES string of the molecule is CCCCCCS(=O)(=O)c1ccc(C(=O)CCCC)cc1. The second-order valence-electron chi connectivity index (χ2n) is 5.43. The molecule has 0 saturated carbocycles. The maximum absolute atomic E-state index is 12.2. The summed E-state index contributed by atoms with van der Waals surface area (Å²) in [5.74, 6) is 0.277.